The largest absolute Gasteiger partial charge is 0.369 e. The van der Waals surface area contributed by atoms with Crippen LogP contribution in [0.3, 0.4) is 0 Å². The maximum atomic E-state index is 13.4. The van der Waals surface area contributed by atoms with Crippen LogP contribution in [0.5, 0.6) is 0 Å². The summed E-state index contributed by atoms with van der Waals surface area (Å²) in [5.74, 6) is -0.929. The third kappa shape index (κ3) is 2.49. The van der Waals surface area contributed by atoms with E-state index in [0.29, 0.717) is 18.7 Å². The molecular weight excluding hydrogens is 233 g/mol. The van der Waals surface area contributed by atoms with Crippen molar-refractivity contribution in [2.45, 2.75) is 13.0 Å². The predicted molar refractivity (Wildman–Crippen MR) is 63.7 cm³/mol. The van der Waals surface area contributed by atoms with E-state index in [9.17, 15) is 9.18 Å². The van der Waals surface area contributed by atoms with Gasteiger partial charge >= 0.3 is 0 Å². The Morgan fingerprint density at radius 2 is 2.39 bits per heavy atom. The van der Waals surface area contributed by atoms with Crippen molar-refractivity contribution < 1.29 is 9.18 Å². The number of nitriles is 1. The van der Waals surface area contributed by atoms with Crippen LogP contribution in [-0.2, 0) is 11.3 Å². The van der Waals surface area contributed by atoms with Crippen LogP contribution in [0.1, 0.15) is 17.5 Å². The topological polar surface area (TPSA) is 70.1 Å². The van der Waals surface area contributed by atoms with E-state index in [-0.39, 0.29) is 17.4 Å². The summed E-state index contributed by atoms with van der Waals surface area (Å²) in [4.78, 5) is 13.1. The van der Waals surface area contributed by atoms with E-state index in [1.807, 2.05) is 11.0 Å². The summed E-state index contributed by atoms with van der Waals surface area (Å²) >= 11 is 0. The van der Waals surface area contributed by atoms with E-state index < -0.39 is 5.82 Å². The minimum absolute atomic E-state index is 0.0834. The first-order valence-electron chi connectivity index (χ1n) is 5.81. The van der Waals surface area contributed by atoms with Gasteiger partial charge in [0.15, 0.2) is 0 Å². The highest BCUT2D eigenvalue weighted by atomic mass is 19.1. The molecule has 1 aliphatic rings. The number of benzene rings is 1. The zero-order valence-corrected chi connectivity index (χ0v) is 9.90. The molecule has 1 heterocycles. The van der Waals surface area contributed by atoms with Gasteiger partial charge < -0.3 is 5.73 Å². The molecule has 1 aromatic carbocycles. The second-order valence-electron chi connectivity index (χ2n) is 4.51. The smallest absolute Gasteiger partial charge is 0.221 e. The van der Waals surface area contributed by atoms with Crippen molar-refractivity contribution in [3.8, 4) is 6.07 Å². The minimum atomic E-state index is -0.499. The fourth-order valence-corrected chi connectivity index (χ4v) is 2.28. The maximum Gasteiger partial charge on any atom is 0.221 e. The van der Waals surface area contributed by atoms with E-state index in [0.717, 1.165) is 13.0 Å². The van der Waals surface area contributed by atoms with Crippen LogP contribution in [0.2, 0.25) is 0 Å². The molecule has 1 amide bonds. The van der Waals surface area contributed by atoms with Gasteiger partial charge in [-0.15, -0.1) is 0 Å². The van der Waals surface area contributed by atoms with E-state index in [1.165, 1.54) is 6.07 Å². The number of nitrogens with zero attached hydrogens (tertiary/aromatic N) is 2. The standard InChI is InChI=1S/C13H14FN3O/c14-12-3-1-2-9(11(12)6-15)7-17-5-4-10(8-17)13(16)18/h1-3,10H,4-5,7-8H2,(H2,16,18). The van der Waals surface area contributed by atoms with Crippen LogP contribution < -0.4 is 5.73 Å². The summed E-state index contributed by atoms with van der Waals surface area (Å²) in [7, 11) is 0. The average molecular weight is 247 g/mol. The first-order valence-corrected chi connectivity index (χ1v) is 5.81. The fourth-order valence-electron chi connectivity index (χ4n) is 2.28. The summed E-state index contributed by atoms with van der Waals surface area (Å²) in [5, 5.41) is 8.93. The molecule has 0 spiro atoms. The highest BCUT2D eigenvalue weighted by Gasteiger charge is 2.27. The van der Waals surface area contributed by atoms with Crippen molar-refractivity contribution in [2.75, 3.05) is 13.1 Å². The van der Waals surface area contributed by atoms with E-state index in [2.05, 4.69) is 0 Å². The quantitative estimate of drug-likeness (QED) is 0.866. The van der Waals surface area contributed by atoms with Gasteiger partial charge in [0.25, 0.3) is 0 Å². The third-order valence-corrected chi connectivity index (χ3v) is 3.28. The molecular formula is C13H14FN3O. The van der Waals surface area contributed by atoms with Crippen molar-refractivity contribution in [1.29, 1.82) is 5.26 Å². The number of hydrogen-bond donors (Lipinski definition) is 1. The summed E-state index contributed by atoms with van der Waals surface area (Å²) in [6.07, 6.45) is 0.729. The predicted octanol–water partition coefficient (Wildman–Crippen LogP) is 1.00. The first kappa shape index (κ1) is 12.5. The monoisotopic (exact) mass is 247 g/mol. The number of rotatable bonds is 3. The van der Waals surface area contributed by atoms with Crippen LogP contribution in [0.25, 0.3) is 0 Å². The molecule has 1 saturated heterocycles. The van der Waals surface area contributed by atoms with Crippen LogP contribution in [0, 0.1) is 23.1 Å². The van der Waals surface area contributed by atoms with Gasteiger partial charge in [0.1, 0.15) is 11.9 Å². The molecule has 94 valence electrons. The summed E-state index contributed by atoms with van der Waals surface area (Å²) in [6, 6.07) is 6.48. The lowest BCUT2D eigenvalue weighted by Gasteiger charge is -2.16. The highest BCUT2D eigenvalue weighted by molar-refractivity contribution is 5.77. The number of hydrogen-bond acceptors (Lipinski definition) is 3. The molecule has 0 radical (unpaired) electrons. The highest BCUT2D eigenvalue weighted by Crippen LogP contribution is 2.20. The zero-order chi connectivity index (χ0) is 13.1. The van der Waals surface area contributed by atoms with Crippen molar-refractivity contribution in [2.24, 2.45) is 11.7 Å². The molecule has 0 aliphatic carbocycles. The van der Waals surface area contributed by atoms with Gasteiger partial charge in [0, 0.05) is 13.1 Å². The number of nitrogens with two attached hydrogens (primary N) is 1. The van der Waals surface area contributed by atoms with Crippen molar-refractivity contribution in [3.05, 3.63) is 35.1 Å². The Morgan fingerprint density at radius 1 is 1.61 bits per heavy atom. The number of carbonyl (C=O) groups excluding carboxylic acids is 1. The molecule has 5 heteroatoms. The van der Waals surface area contributed by atoms with E-state index in [1.54, 1.807) is 12.1 Å². The van der Waals surface area contributed by atoms with Gasteiger partial charge in [-0.25, -0.2) is 4.39 Å². The van der Waals surface area contributed by atoms with Crippen molar-refractivity contribution in [3.63, 3.8) is 0 Å². The lowest BCUT2D eigenvalue weighted by atomic mass is 10.1. The number of primary amides is 1. The van der Waals surface area contributed by atoms with Crippen molar-refractivity contribution >= 4 is 5.91 Å². The van der Waals surface area contributed by atoms with Gasteiger partial charge in [-0.05, 0) is 24.6 Å². The first-order chi connectivity index (χ1) is 8.61. The number of amides is 1. The van der Waals surface area contributed by atoms with Gasteiger partial charge in [-0.2, -0.15) is 5.26 Å². The minimum Gasteiger partial charge on any atom is -0.369 e. The molecule has 1 fully saturated rings. The molecule has 18 heavy (non-hydrogen) atoms. The Balaban J connectivity index is 2.10. The van der Waals surface area contributed by atoms with Gasteiger partial charge in [-0.1, -0.05) is 12.1 Å². The normalized spacial score (nSPS) is 19.7. The zero-order valence-electron chi connectivity index (χ0n) is 9.90. The molecule has 4 nitrogen and oxygen atoms in total. The van der Waals surface area contributed by atoms with Crippen molar-refractivity contribution in [1.82, 2.24) is 4.90 Å². The Kier molecular flexibility index (Phi) is 3.58. The Hall–Kier alpha value is -1.93. The molecule has 2 N–H and O–H groups in total. The average Bonchev–Trinajstić information content (AvgIpc) is 2.78. The summed E-state index contributed by atoms with van der Waals surface area (Å²) in [5.41, 5.74) is 5.99. The number of likely N-dealkylation sites (tertiary alicyclic amines) is 1. The molecule has 0 saturated carbocycles. The van der Waals surface area contributed by atoms with Gasteiger partial charge in [0.05, 0.1) is 11.5 Å². The molecule has 1 aliphatic heterocycles. The molecule has 1 atom stereocenters. The number of carbonyl (C=O) groups is 1. The maximum absolute atomic E-state index is 13.4. The fraction of sp³-hybridized carbons (Fsp3) is 0.385. The Labute approximate surface area is 105 Å². The second kappa shape index (κ2) is 5.15. The molecule has 0 bridgehead atoms. The SMILES string of the molecule is N#Cc1c(F)cccc1CN1CCC(C(N)=O)C1. The Morgan fingerprint density at radius 3 is 3.00 bits per heavy atom. The van der Waals surface area contributed by atoms with Crippen LogP contribution in [-0.4, -0.2) is 23.9 Å². The van der Waals surface area contributed by atoms with E-state index >= 15 is 0 Å². The lowest BCUT2D eigenvalue weighted by molar-refractivity contribution is -0.121. The lowest BCUT2D eigenvalue weighted by Crippen LogP contribution is -2.27. The molecule has 2 rings (SSSR count). The number of halogens is 1. The molecule has 0 aromatic heterocycles. The van der Waals surface area contributed by atoms with Crippen LogP contribution >= 0.6 is 0 Å². The van der Waals surface area contributed by atoms with E-state index in [4.69, 9.17) is 11.0 Å². The molecule has 1 aromatic rings. The summed E-state index contributed by atoms with van der Waals surface area (Å²) in [6.45, 7) is 1.80. The van der Waals surface area contributed by atoms with Crippen LogP contribution in [0.4, 0.5) is 4.39 Å². The summed E-state index contributed by atoms with van der Waals surface area (Å²) < 4.78 is 13.4. The third-order valence-electron chi connectivity index (χ3n) is 3.28. The van der Waals surface area contributed by atoms with Gasteiger partial charge in [0.2, 0.25) is 5.91 Å². The Bertz CT molecular complexity index is 509. The van der Waals surface area contributed by atoms with Gasteiger partial charge in [-0.3, -0.25) is 9.69 Å². The second-order valence-corrected chi connectivity index (χ2v) is 4.51. The van der Waals surface area contributed by atoms with Crippen LogP contribution in [0.15, 0.2) is 18.2 Å². The molecule has 1 unspecified atom stereocenters.